The third kappa shape index (κ3) is 1.49. The fourth-order valence-electron chi connectivity index (χ4n) is 2.43. The zero-order valence-electron chi connectivity index (χ0n) is 7.29. The molecule has 4 atom stereocenters. The van der Waals surface area contributed by atoms with Crippen LogP contribution in [0.25, 0.3) is 0 Å². The second-order valence-corrected chi connectivity index (χ2v) is 4.95. The van der Waals surface area contributed by atoms with Gasteiger partial charge in [-0.05, 0) is 25.7 Å². The normalized spacial score (nSPS) is 44.2. The smallest absolute Gasteiger partial charge is 0.179 e. The van der Waals surface area contributed by atoms with E-state index in [4.69, 9.17) is 28.5 Å². The number of piperidine rings is 2. The standard InChI is InChI=1S/C9H12Cl2N2/c10-6-1-3-8-7(11)2-4-9(6)13(8)5-12/h6-9H,1-4H2. The summed E-state index contributed by atoms with van der Waals surface area (Å²) in [6.07, 6.45) is 6.16. The molecule has 2 heterocycles. The van der Waals surface area contributed by atoms with Crippen LogP contribution >= 0.6 is 23.2 Å². The van der Waals surface area contributed by atoms with Crippen molar-refractivity contribution >= 4 is 23.2 Å². The van der Waals surface area contributed by atoms with E-state index >= 15 is 0 Å². The Morgan fingerprint density at radius 2 is 1.46 bits per heavy atom. The van der Waals surface area contributed by atoms with Gasteiger partial charge in [0.15, 0.2) is 6.19 Å². The molecule has 2 fully saturated rings. The van der Waals surface area contributed by atoms with Crippen molar-refractivity contribution in [2.45, 2.75) is 48.5 Å². The summed E-state index contributed by atoms with van der Waals surface area (Å²) in [7, 11) is 0. The molecule has 0 aromatic carbocycles. The minimum absolute atomic E-state index is 0.139. The molecule has 0 aromatic heterocycles. The first-order valence-corrected chi connectivity index (χ1v) is 5.57. The van der Waals surface area contributed by atoms with Crippen molar-refractivity contribution in [3.63, 3.8) is 0 Å². The van der Waals surface area contributed by atoms with E-state index in [9.17, 15) is 0 Å². The van der Waals surface area contributed by atoms with Crippen LogP contribution in [-0.2, 0) is 0 Å². The Bertz CT molecular complexity index is 220. The zero-order chi connectivity index (χ0) is 9.42. The van der Waals surface area contributed by atoms with Gasteiger partial charge < -0.3 is 4.90 Å². The number of fused-ring (bicyclic) bond motifs is 2. The van der Waals surface area contributed by atoms with Gasteiger partial charge in [0.25, 0.3) is 0 Å². The molecule has 2 aliphatic heterocycles. The van der Waals surface area contributed by atoms with E-state index in [-0.39, 0.29) is 22.8 Å². The minimum atomic E-state index is 0.139. The summed E-state index contributed by atoms with van der Waals surface area (Å²) in [5.74, 6) is 0. The van der Waals surface area contributed by atoms with Crippen LogP contribution in [0.1, 0.15) is 25.7 Å². The van der Waals surface area contributed by atoms with E-state index in [0.717, 1.165) is 25.7 Å². The lowest BCUT2D eigenvalue weighted by Gasteiger charge is -2.47. The summed E-state index contributed by atoms with van der Waals surface area (Å²) in [6.45, 7) is 0. The Balaban J connectivity index is 2.20. The van der Waals surface area contributed by atoms with E-state index < -0.39 is 0 Å². The molecule has 0 radical (unpaired) electrons. The van der Waals surface area contributed by atoms with E-state index in [2.05, 4.69) is 6.19 Å². The third-order valence-electron chi connectivity index (χ3n) is 3.14. The van der Waals surface area contributed by atoms with Gasteiger partial charge in [-0.1, -0.05) is 0 Å². The molecular weight excluding hydrogens is 207 g/mol. The molecule has 0 N–H and O–H groups in total. The molecule has 2 rings (SSSR count). The molecule has 0 amide bonds. The first-order chi connectivity index (χ1) is 6.24. The first kappa shape index (κ1) is 9.43. The number of hydrogen-bond acceptors (Lipinski definition) is 2. The molecule has 13 heavy (non-hydrogen) atoms. The summed E-state index contributed by atoms with van der Waals surface area (Å²) in [4.78, 5) is 1.82. The van der Waals surface area contributed by atoms with Crippen LogP contribution in [0.15, 0.2) is 0 Å². The van der Waals surface area contributed by atoms with Crippen LogP contribution in [0.5, 0.6) is 0 Å². The molecule has 2 nitrogen and oxygen atoms in total. The third-order valence-corrected chi connectivity index (χ3v) is 4.16. The summed E-state index contributed by atoms with van der Waals surface area (Å²) in [6, 6.07) is 0.473. The fourth-order valence-corrected chi connectivity index (χ4v) is 3.17. The molecule has 0 spiro atoms. The summed E-state index contributed by atoms with van der Waals surface area (Å²) in [5.41, 5.74) is 0. The molecular formula is C9H12Cl2N2. The highest BCUT2D eigenvalue weighted by molar-refractivity contribution is 6.22. The zero-order valence-corrected chi connectivity index (χ0v) is 8.80. The lowest BCUT2D eigenvalue weighted by molar-refractivity contribution is 0.104. The molecule has 72 valence electrons. The summed E-state index contributed by atoms with van der Waals surface area (Å²) < 4.78 is 0. The second kappa shape index (κ2) is 3.55. The molecule has 0 aliphatic carbocycles. The predicted octanol–water partition coefficient (Wildman–Crippen LogP) is 2.31. The monoisotopic (exact) mass is 218 g/mol. The number of nitriles is 1. The largest absolute Gasteiger partial charge is 0.302 e. The quantitative estimate of drug-likeness (QED) is 0.461. The summed E-state index contributed by atoms with van der Waals surface area (Å²) >= 11 is 12.3. The number of halogens is 2. The minimum Gasteiger partial charge on any atom is -0.302 e. The Kier molecular flexibility index (Phi) is 2.58. The molecule has 2 aliphatic rings. The van der Waals surface area contributed by atoms with Gasteiger partial charge in [0, 0.05) is 0 Å². The number of alkyl halides is 2. The number of hydrogen-bond donors (Lipinski definition) is 0. The van der Waals surface area contributed by atoms with Crippen LogP contribution < -0.4 is 0 Å². The maximum absolute atomic E-state index is 8.99. The van der Waals surface area contributed by atoms with Crippen molar-refractivity contribution in [3.8, 4) is 6.19 Å². The van der Waals surface area contributed by atoms with Crippen molar-refractivity contribution < 1.29 is 0 Å². The van der Waals surface area contributed by atoms with Gasteiger partial charge in [0.05, 0.1) is 22.8 Å². The van der Waals surface area contributed by atoms with Crippen molar-refractivity contribution in [2.24, 2.45) is 0 Å². The van der Waals surface area contributed by atoms with Crippen LogP contribution in [0.2, 0.25) is 0 Å². The second-order valence-electron chi connectivity index (χ2n) is 3.83. The predicted molar refractivity (Wildman–Crippen MR) is 52.8 cm³/mol. The summed E-state index contributed by atoms with van der Waals surface area (Å²) in [5, 5.41) is 9.27. The van der Waals surface area contributed by atoms with Gasteiger partial charge in [0.1, 0.15) is 0 Å². The highest BCUT2D eigenvalue weighted by Gasteiger charge is 2.42. The van der Waals surface area contributed by atoms with Crippen molar-refractivity contribution in [1.29, 1.82) is 5.26 Å². The van der Waals surface area contributed by atoms with Gasteiger partial charge in [-0.2, -0.15) is 5.26 Å². The van der Waals surface area contributed by atoms with Gasteiger partial charge in [-0.15, -0.1) is 23.2 Å². The van der Waals surface area contributed by atoms with E-state index in [1.54, 1.807) is 0 Å². The molecule has 0 saturated carbocycles. The highest BCUT2D eigenvalue weighted by atomic mass is 35.5. The highest BCUT2D eigenvalue weighted by Crippen LogP contribution is 2.38. The first-order valence-electron chi connectivity index (χ1n) is 4.70. The molecule has 4 unspecified atom stereocenters. The van der Waals surface area contributed by atoms with Crippen molar-refractivity contribution in [2.75, 3.05) is 0 Å². The van der Waals surface area contributed by atoms with E-state index in [1.807, 2.05) is 4.90 Å². The molecule has 4 heteroatoms. The van der Waals surface area contributed by atoms with Crippen molar-refractivity contribution in [3.05, 3.63) is 0 Å². The average Bonchev–Trinajstić information content (AvgIpc) is 2.14. The Morgan fingerprint density at radius 1 is 1.00 bits per heavy atom. The maximum Gasteiger partial charge on any atom is 0.179 e. The van der Waals surface area contributed by atoms with Crippen LogP contribution in [0, 0.1) is 11.5 Å². The van der Waals surface area contributed by atoms with Gasteiger partial charge >= 0.3 is 0 Å². The lowest BCUT2D eigenvalue weighted by Crippen LogP contribution is -2.56. The Labute approximate surface area is 88.4 Å². The number of nitrogens with zero attached hydrogens (tertiary/aromatic N) is 2. The lowest BCUT2D eigenvalue weighted by atomic mass is 9.84. The average molecular weight is 219 g/mol. The van der Waals surface area contributed by atoms with Gasteiger partial charge in [-0.25, -0.2) is 0 Å². The van der Waals surface area contributed by atoms with Gasteiger partial charge in [-0.3, -0.25) is 0 Å². The van der Waals surface area contributed by atoms with Crippen LogP contribution in [0.4, 0.5) is 0 Å². The number of rotatable bonds is 0. The Hall–Kier alpha value is -0.130. The van der Waals surface area contributed by atoms with Crippen LogP contribution in [-0.4, -0.2) is 27.7 Å². The SMILES string of the molecule is N#CN1C2CCC(Cl)C1CCC2Cl. The van der Waals surface area contributed by atoms with Crippen LogP contribution in [0.3, 0.4) is 0 Å². The molecule has 0 aromatic rings. The fraction of sp³-hybridized carbons (Fsp3) is 0.889. The molecule has 2 bridgehead atoms. The molecule has 2 saturated heterocycles. The maximum atomic E-state index is 8.99. The van der Waals surface area contributed by atoms with E-state index in [1.165, 1.54) is 0 Å². The van der Waals surface area contributed by atoms with E-state index in [0.29, 0.717) is 0 Å². The Morgan fingerprint density at radius 3 is 1.85 bits per heavy atom. The van der Waals surface area contributed by atoms with Crippen molar-refractivity contribution in [1.82, 2.24) is 4.90 Å². The van der Waals surface area contributed by atoms with Gasteiger partial charge in [0.2, 0.25) is 0 Å². The topological polar surface area (TPSA) is 27.0 Å².